The van der Waals surface area contributed by atoms with Crippen LogP contribution in [0.1, 0.15) is 11.3 Å². The fraction of sp³-hybridized carbons (Fsp3) is 0.182. The van der Waals surface area contributed by atoms with Gasteiger partial charge < -0.3 is 9.47 Å². The van der Waals surface area contributed by atoms with Crippen molar-refractivity contribution in [2.24, 2.45) is 12.0 Å². The van der Waals surface area contributed by atoms with E-state index >= 15 is 0 Å². The Kier molecular flexibility index (Phi) is 6.25. The molecular weight excluding hydrogens is 434 g/mol. The zero-order valence-electron chi connectivity index (χ0n) is 16.3. The molecule has 2 aromatic carbocycles. The topological polar surface area (TPSA) is 57.8 Å². The molecule has 7 heteroatoms. The van der Waals surface area contributed by atoms with Crippen molar-refractivity contribution in [2.75, 3.05) is 13.7 Å². The first-order valence-electron chi connectivity index (χ1n) is 8.79. The standard InChI is InChI=1S/C22H20BrN3O3/c1-5-11-29-21-18(23)12-16(13-19(21)28-4)14-24-20-15(2)25(3)26(22(20)27)17-9-7-6-8-10-17/h1,6-10,12-14H,11H2,2-4H3. The van der Waals surface area contributed by atoms with Crippen LogP contribution in [0.2, 0.25) is 0 Å². The highest BCUT2D eigenvalue weighted by atomic mass is 79.9. The third-order valence-electron chi connectivity index (χ3n) is 4.42. The van der Waals surface area contributed by atoms with E-state index in [4.69, 9.17) is 15.9 Å². The number of benzene rings is 2. The smallest absolute Gasteiger partial charge is 0.297 e. The lowest BCUT2D eigenvalue weighted by atomic mass is 10.2. The number of terminal acetylenes is 1. The maximum atomic E-state index is 13.0. The van der Waals surface area contributed by atoms with E-state index < -0.39 is 0 Å². The molecule has 3 rings (SSSR count). The number of para-hydroxylation sites is 1. The summed E-state index contributed by atoms with van der Waals surface area (Å²) < 4.78 is 15.0. The molecule has 1 aromatic heterocycles. The molecule has 29 heavy (non-hydrogen) atoms. The van der Waals surface area contributed by atoms with Crippen LogP contribution in [-0.4, -0.2) is 29.3 Å². The predicted molar refractivity (Wildman–Crippen MR) is 118 cm³/mol. The Balaban J connectivity index is 2.00. The number of aliphatic imine (C=N–C) groups is 1. The fourth-order valence-electron chi connectivity index (χ4n) is 2.91. The molecule has 0 bridgehead atoms. The lowest BCUT2D eigenvalue weighted by Crippen LogP contribution is -2.19. The molecule has 0 amide bonds. The molecule has 0 saturated carbocycles. The number of halogens is 1. The average Bonchev–Trinajstić information content (AvgIpc) is 2.94. The number of hydrogen-bond donors (Lipinski definition) is 0. The molecule has 0 radical (unpaired) electrons. The number of methoxy groups -OCH3 is 1. The van der Waals surface area contributed by atoms with Crippen molar-refractivity contribution in [3.05, 3.63) is 68.5 Å². The van der Waals surface area contributed by atoms with Gasteiger partial charge in [0.15, 0.2) is 17.2 Å². The second kappa shape index (κ2) is 8.84. The van der Waals surface area contributed by atoms with Gasteiger partial charge >= 0.3 is 0 Å². The summed E-state index contributed by atoms with van der Waals surface area (Å²) in [5.41, 5.74) is 2.47. The van der Waals surface area contributed by atoms with Crippen LogP contribution >= 0.6 is 15.9 Å². The molecule has 0 fully saturated rings. The number of nitrogens with zero attached hydrogens (tertiary/aromatic N) is 3. The summed E-state index contributed by atoms with van der Waals surface area (Å²) in [6.45, 7) is 1.99. The lowest BCUT2D eigenvalue weighted by molar-refractivity contribution is 0.329. The minimum Gasteiger partial charge on any atom is -0.493 e. The van der Waals surface area contributed by atoms with Crippen LogP contribution < -0.4 is 15.0 Å². The number of ether oxygens (including phenoxy) is 2. The number of hydrogen-bond acceptors (Lipinski definition) is 4. The van der Waals surface area contributed by atoms with E-state index in [1.165, 1.54) is 0 Å². The van der Waals surface area contributed by atoms with E-state index in [9.17, 15) is 4.79 Å². The van der Waals surface area contributed by atoms with Crippen molar-refractivity contribution >= 4 is 27.8 Å². The first-order chi connectivity index (χ1) is 14.0. The van der Waals surface area contributed by atoms with Crippen molar-refractivity contribution in [1.29, 1.82) is 0 Å². The van der Waals surface area contributed by atoms with Gasteiger partial charge in [-0.05, 0) is 52.7 Å². The Morgan fingerprint density at radius 3 is 2.66 bits per heavy atom. The van der Waals surface area contributed by atoms with Gasteiger partial charge in [0.1, 0.15) is 6.61 Å². The molecule has 148 valence electrons. The second-order valence-corrected chi connectivity index (χ2v) is 7.05. The molecule has 0 saturated heterocycles. The monoisotopic (exact) mass is 453 g/mol. The molecule has 0 aliphatic rings. The van der Waals surface area contributed by atoms with Crippen LogP contribution in [0.4, 0.5) is 5.69 Å². The van der Waals surface area contributed by atoms with Gasteiger partial charge in [0.2, 0.25) is 0 Å². The fourth-order valence-corrected chi connectivity index (χ4v) is 3.48. The van der Waals surface area contributed by atoms with Crippen LogP contribution in [0, 0.1) is 19.3 Å². The Labute approximate surface area is 177 Å². The van der Waals surface area contributed by atoms with Gasteiger partial charge in [0.25, 0.3) is 5.56 Å². The zero-order chi connectivity index (χ0) is 21.0. The average molecular weight is 454 g/mol. The van der Waals surface area contributed by atoms with E-state index in [1.807, 2.05) is 50.4 Å². The van der Waals surface area contributed by atoms with Crippen LogP contribution in [0.25, 0.3) is 5.69 Å². The highest BCUT2D eigenvalue weighted by molar-refractivity contribution is 9.10. The predicted octanol–water partition coefficient (Wildman–Crippen LogP) is 4.02. The van der Waals surface area contributed by atoms with Crippen LogP contribution in [0.3, 0.4) is 0 Å². The highest BCUT2D eigenvalue weighted by Crippen LogP contribution is 2.36. The first-order valence-corrected chi connectivity index (χ1v) is 9.59. The highest BCUT2D eigenvalue weighted by Gasteiger charge is 2.15. The molecule has 6 nitrogen and oxygen atoms in total. The minimum atomic E-state index is -0.188. The SMILES string of the molecule is C#CCOc1c(Br)cc(C=Nc2c(C)n(C)n(-c3ccccc3)c2=O)cc1OC. The van der Waals surface area contributed by atoms with Gasteiger partial charge in [-0.3, -0.25) is 9.48 Å². The van der Waals surface area contributed by atoms with E-state index in [-0.39, 0.29) is 12.2 Å². The van der Waals surface area contributed by atoms with Crippen LogP contribution in [-0.2, 0) is 7.05 Å². The normalized spacial score (nSPS) is 10.9. The molecule has 0 atom stereocenters. The lowest BCUT2D eigenvalue weighted by Gasteiger charge is -2.11. The maximum absolute atomic E-state index is 13.0. The maximum Gasteiger partial charge on any atom is 0.297 e. The van der Waals surface area contributed by atoms with Crippen molar-refractivity contribution in [1.82, 2.24) is 9.36 Å². The van der Waals surface area contributed by atoms with Crippen LogP contribution in [0.15, 0.2) is 56.7 Å². The Bertz CT molecular complexity index is 1150. The van der Waals surface area contributed by atoms with Crippen molar-refractivity contribution in [3.8, 4) is 29.5 Å². The first kappa shape index (κ1) is 20.5. The van der Waals surface area contributed by atoms with Gasteiger partial charge in [0.05, 0.1) is 23.0 Å². The molecule has 0 spiro atoms. The third kappa shape index (κ3) is 4.13. The van der Waals surface area contributed by atoms with Gasteiger partial charge in [-0.2, -0.15) is 0 Å². The summed E-state index contributed by atoms with van der Waals surface area (Å²) in [6, 6.07) is 13.0. The number of rotatable bonds is 6. The van der Waals surface area contributed by atoms with E-state index in [0.29, 0.717) is 21.7 Å². The molecule has 3 aromatic rings. The molecule has 0 unspecified atom stereocenters. The van der Waals surface area contributed by atoms with Crippen molar-refractivity contribution < 1.29 is 9.47 Å². The summed E-state index contributed by atoms with van der Waals surface area (Å²) in [7, 11) is 3.38. The van der Waals surface area contributed by atoms with Crippen molar-refractivity contribution in [2.45, 2.75) is 6.92 Å². The second-order valence-electron chi connectivity index (χ2n) is 6.20. The Morgan fingerprint density at radius 2 is 2.00 bits per heavy atom. The summed E-state index contributed by atoms with van der Waals surface area (Å²) >= 11 is 3.47. The van der Waals surface area contributed by atoms with E-state index in [1.54, 1.807) is 28.8 Å². The van der Waals surface area contributed by atoms with Gasteiger partial charge in [-0.15, -0.1) is 6.42 Å². The summed E-state index contributed by atoms with van der Waals surface area (Å²) in [5.74, 6) is 3.46. The summed E-state index contributed by atoms with van der Waals surface area (Å²) in [5, 5.41) is 0. The Morgan fingerprint density at radius 1 is 1.28 bits per heavy atom. The quantitative estimate of drug-likeness (QED) is 0.418. The molecule has 0 aliphatic heterocycles. The largest absolute Gasteiger partial charge is 0.493 e. The third-order valence-corrected chi connectivity index (χ3v) is 5.01. The molecule has 0 N–H and O–H groups in total. The van der Waals surface area contributed by atoms with Gasteiger partial charge in [-0.1, -0.05) is 24.1 Å². The van der Waals surface area contributed by atoms with E-state index in [0.717, 1.165) is 16.9 Å². The van der Waals surface area contributed by atoms with Crippen molar-refractivity contribution in [3.63, 3.8) is 0 Å². The minimum absolute atomic E-state index is 0.130. The summed E-state index contributed by atoms with van der Waals surface area (Å²) in [4.78, 5) is 17.4. The molecule has 1 heterocycles. The van der Waals surface area contributed by atoms with Gasteiger partial charge in [-0.25, -0.2) is 9.67 Å². The Hall–Kier alpha value is -3.24. The number of aromatic nitrogens is 2. The van der Waals surface area contributed by atoms with Crippen LogP contribution in [0.5, 0.6) is 11.5 Å². The summed E-state index contributed by atoms with van der Waals surface area (Å²) in [6.07, 6.45) is 6.88. The molecular formula is C22H20BrN3O3. The van der Waals surface area contributed by atoms with E-state index in [2.05, 4.69) is 26.8 Å². The molecule has 0 aliphatic carbocycles. The van der Waals surface area contributed by atoms with Gasteiger partial charge in [0, 0.05) is 13.3 Å². The zero-order valence-corrected chi connectivity index (χ0v) is 17.9.